The summed E-state index contributed by atoms with van der Waals surface area (Å²) in [5.41, 5.74) is 3.04. The highest BCUT2D eigenvalue weighted by molar-refractivity contribution is 6.35. The molecule has 0 amide bonds. The van der Waals surface area contributed by atoms with E-state index in [2.05, 4.69) is 52.5 Å². The lowest BCUT2D eigenvalue weighted by atomic mass is 9.94. The maximum atomic E-state index is 9.25. The molecule has 0 aliphatic carbocycles. The van der Waals surface area contributed by atoms with Crippen molar-refractivity contribution in [1.29, 1.82) is 5.26 Å². The fraction of sp³-hybridized carbons (Fsp3) is 0.483. The van der Waals surface area contributed by atoms with E-state index in [1.54, 1.807) is 0 Å². The first-order valence-corrected chi connectivity index (χ1v) is 13.9. The smallest absolute Gasteiger partial charge is 0.318 e. The van der Waals surface area contributed by atoms with Crippen molar-refractivity contribution in [3.63, 3.8) is 0 Å². The first-order chi connectivity index (χ1) is 18.6. The van der Waals surface area contributed by atoms with Crippen LogP contribution < -0.4 is 15.0 Å². The number of nitrogens with one attached hydrogen (secondary N) is 1. The summed E-state index contributed by atoms with van der Waals surface area (Å²) in [5.74, 6) is 0.864. The molecule has 4 heterocycles. The minimum Gasteiger partial charge on any atom is -0.462 e. The topological polar surface area (TPSA) is 86.5 Å². The minimum absolute atomic E-state index is 0.103. The number of halogens is 1. The van der Waals surface area contributed by atoms with E-state index in [1.807, 2.05) is 12.1 Å². The number of fused-ring (bicyclic) bond motifs is 2. The van der Waals surface area contributed by atoms with E-state index in [-0.39, 0.29) is 12.1 Å². The van der Waals surface area contributed by atoms with Crippen LogP contribution in [0.2, 0.25) is 5.02 Å². The van der Waals surface area contributed by atoms with Gasteiger partial charge in [0.15, 0.2) is 0 Å². The normalized spacial score (nSPS) is 23.8. The molecule has 3 aromatic rings. The molecule has 3 aliphatic heterocycles. The number of ether oxygens (including phenoxy) is 2. The molecule has 9 heteroatoms. The molecule has 2 fully saturated rings. The number of nitriles is 1. The van der Waals surface area contributed by atoms with Crippen molar-refractivity contribution in [3.8, 4) is 12.1 Å². The Hall–Kier alpha value is -2.96. The molecule has 6 rings (SSSR count). The number of hydrogen-bond donors (Lipinski definition) is 1. The van der Waals surface area contributed by atoms with Gasteiger partial charge >= 0.3 is 6.01 Å². The van der Waals surface area contributed by atoms with Crippen LogP contribution in [0.15, 0.2) is 36.4 Å². The SMILES string of the molecule is CN1CCC[C@H]1COc1nc2c(c(N3CCN[C@H](CC#N)C3)n1)CO[C@H](c1cccc3cccc(Cl)c13)C2. The quantitative estimate of drug-likeness (QED) is 0.504. The van der Waals surface area contributed by atoms with Gasteiger partial charge < -0.3 is 24.6 Å². The van der Waals surface area contributed by atoms with Crippen LogP contribution in [-0.4, -0.2) is 66.8 Å². The highest BCUT2D eigenvalue weighted by Crippen LogP contribution is 2.39. The molecule has 2 saturated heterocycles. The fourth-order valence-electron chi connectivity index (χ4n) is 5.97. The lowest BCUT2D eigenvalue weighted by Gasteiger charge is -2.36. The average molecular weight is 533 g/mol. The number of rotatable bonds is 6. The second-order valence-corrected chi connectivity index (χ2v) is 10.9. The summed E-state index contributed by atoms with van der Waals surface area (Å²) in [7, 11) is 2.15. The summed E-state index contributed by atoms with van der Waals surface area (Å²) in [6.45, 7) is 4.40. The Morgan fingerprint density at radius 3 is 2.89 bits per heavy atom. The van der Waals surface area contributed by atoms with Gasteiger partial charge in [0.25, 0.3) is 0 Å². The lowest BCUT2D eigenvalue weighted by Crippen LogP contribution is -2.51. The first kappa shape index (κ1) is 25.3. The molecule has 0 radical (unpaired) electrons. The van der Waals surface area contributed by atoms with Gasteiger partial charge in [-0.3, -0.25) is 0 Å². The van der Waals surface area contributed by atoms with E-state index < -0.39 is 0 Å². The molecule has 3 atom stereocenters. The maximum Gasteiger partial charge on any atom is 0.318 e. The minimum atomic E-state index is -0.169. The zero-order chi connectivity index (χ0) is 26.1. The number of aromatic nitrogens is 2. The Labute approximate surface area is 228 Å². The molecule has 0 spiro atoms. The van der Waals surface area contributed by atoms with E-state index >= 15 is 0 Å². The van der Waals surface area contributed by atoms with E-state index in [4.69, 9.17) is 31.0 Å². The van der Waals surface area contributed by atoms with Crippen LogP contribution in [0.5, 0.6) is 6.01 Å². The van der Waals surface area contributed by atoms with Crippen LogP contribution in [0.4, 0.5) is 5.82 Å². The third-order valence-electron chi connectivity index (χ3n) is 8.06. The molecule has 0 saturated carbocycles. The van der Waals surface area contributed by atoms with Gasteiger partial charge in [-0.25, -0.2) is 0 Å². The summed E-state index contributed by atoms with van der Waals surface area (Å²) in [6, 6.07) is 15.4. The van der Waals surface area contributed by atoms with Crippen molar-refractivity contribution in [3.05, 3.63) is 58.2 Å². The highest BCUT2D eigenvalue weighted by Gasteiger charge is 2.31. The second kappa shape index (κ2) is 11.0. The van der Waals surface area contributed by atoms with Crippen molar-refractivity contribution in [2.24, 2.45) is 0 Å². The molecule has 0 unspecified atom stereocenters. The Balaban J connectivity index is 1.34. The van der Waals surface area contributed by atoms with Crippen LogP contribution in [-0.2, 0) is 17.8 Å². The Morgan fingerprint density at radius 2 is 2.08 bits per heavy atom. The van der Waals surface area contributed by atoms with Crippen LogP contribution >= 0.6 is 11.6 Å². The zero-order valence-electron chi connectivity index (χ0n) is 21.7. The summed E-state index contributed by atoms with van der Waals surface area (Å²) in [4.78, 5) is 14.4. The van der Waals surface area contributed by atoms with Gasteiger partial charge in [0, 0.05) is 54.1 Å². The van der Waals surface area contributed by atoms with Crippen LogP contribution in [0.25, 0.3) is 10.8 Å². The van der Waals surface area contributed by atoms with Crippen molar-refractivity contribution in [2.45, 2.75) is 50.5 Å². The Bertz CT molecular complexity index is 1360. The van der Waals surface area contributed by atoms with Gasteiger partial charge in [-0.2, -0.15) is 15.2 Å². The predicted octanol–water partition coefficient (Wildman–Crippen LogP) is 4.26. The average Bonchev–Trinajstić information content (AvgIpc) is 3.35. The molecule has 2 aromatic carbocycles. The number of hydrogen-bond acceptors (Lipinski definition) is 8. The summed E-state index contributed by atoms with van der Waals surface area (Å²) in [5, 5.41) is 15.6. The van der Waals surface area contributed by atoms with Gasteiger partial charge in [0.2, 0.25) is 0 Å². The summed E-state index contributed by atoms with van der Waals surface area (Å²) < 4.78 is 12.7. The lowest BCUT2D eigenvalue weighted by molar-refractivity contribution is 0.0265. The molecule has 38 heavy (non-hydrogen) atoms. The highest BCUT2D eigenvalue weighted by atomic mass is 35.5. The second-order valence-electron chi connectivity index (χ2n) is 10.5. The van der Waals surface area contributed by atoms with E-state index in [9.17, 15) is 5.26 Å². The molecular weight excluding hydrogens is 500 g/mol. The van der Waals surface area contributed by atoms with Crippen LogP contribution in [0, 0.1) is 11.3 Å². The van der Waals surface area contributed by atoms with Crippen molar-refractivity contribution in [2.75, 3.05) is 44.7 Å². The molecule has 198 valence electrons. The number of benzene rings is 2. The van der Waals surface area contributed by atoms with Gasteiger partial charge in [0.05, 0.1) is 30.9 Å². The molecular formula is C29H33ClN6O2. The summed E-state index contributed by atoms with van der Waals surface area (Å²) in [6.07, 6.45) is 3.22. The van der Waals surface area contributed by atoms with E-state index in [1.165, 1.54) is 6.42 Å². The number of likely N-dealkylation sites (tertiary alicyclic amines) is 1. The monoisotopic (exact) mass is 532 g/mol. The molecule has 1 N–H and O–H groups in total. The first-order valence-electron chi connectivity index (χ1n) is 13.5. The number of anilines is 1. The fourth-order valence-corrected chi connectivity index (χ4v) is 6.26. The van der Waals surface area contributed by atoms with Gasteiger partial charge in [-0.05, 0) is 43.5 Å². The molecule has 1 aromatic heterocycles. The largest absolute Gasteiger partial charge is 0.462 e. The Kier molecular flexibility index (Phi) is 7.35. The molecule has 0 bridgehead atoms. The van der Waals surface area contributed by atoms with Crippen LogP contribution in [0.1, 0.15) is 42.2 Å². The predicted molar refractivity (Wildman–Crippen MR) is 148 cm³/mol. The van der Waals surface area contributed by atoms with E-state index in [0.29, 0.717) is 44.7 Å². The van der Waals surface area contributed by atoms with Gasteiger partial charge in [0.1, 0.15) is 12.4 Å². The Morgan fingerprint density at radius 1 is 1.21 bits per heavy atom. The van der Waals surface area contributed by atoms with Crippen molar-refractivity contribution >= 4 is 28.2 Å². The number of nitrogens with zero attached hydrogens (tertiary/aromatic N) is 5. The van der Waals surface area contributed by atoms with Crippen LogP contribution in [0.3, 0.4) is 0 Å². The number of likely N-dealkylation sites (N-methyl/N-ethyl adjacent to an activating group) is 1. The third kappa shape index (κ3) is 5.04. The van der Waals surface area contributed by atoms with Gasteiger partial charge in [-0.15, -0.1) is 0 Å². The zero-order valence-corrected chi connectivity index (χ0v) is 22.5. The number of piperazine rings is 1. The van der Waals surface area contributed by atoms with Gasteiger partial charge in [-0.1, -0.05) is 41.9 Å². The third-order valence-corrected chi connectivity index (χ3v) is 8.38. The standard InChI is InChI=1S/C29H33ClN6O2/c1-35-13-4-7-21(35)17-38-29-33-25-15-26(22-8-2-5-19-6-3-9-24(30)27(19)22)37-18-23(25)28(34-29)36-14-12-32-20(16-36)10-11-31/h2-3,5-6,8-9,20-21,26,32H,4,7,10,12-18H2,1H3/t20-,21+,26+/m1/s1. The van der Waals surface area contributed by atoms with E-state index in [0.717, 1.165) is 64.5 Å². The molecule has 3 aliphatic rings. The van der Waals surface area contributed by atoms with Crippen molar-refractivity contribution < 1.29 is 9.47 Å². The molecule has 8 nitrogen and oxygen atoms in total. The summed E-state index contributed by atoms with van der Waals surface area (Å²) >= 11 is 6.65. The van der Waals surface area contributed by atoms with Crippen molar-refractivity contribution in [1.82, 2.24) is 20.2 Å². The maximum absolute atomic E-state index is 9.25.